The van der Waals surface area contributed by atoms with E-state index in [2.05, 4.69) is 51.2 Å². The topological polar surface area (TPSA) is 28.6 Å². The van der Waals surface area contributed by atoms with Crippen LogP contribution in [0.4, 0.5) is 0 Å². The van der Waals surface area contributed by atoms with E-state index in [1.165, 1.54) is 63.7 Å². The molecule has 0 spiro atoms. The van der Waals surface area contributed by atoms with Crippen molar-refractivity contribution in [2.75, 3.05) is 32.8 Å². The number of pyridine rings is 1. The number of likely N-dealkylation sites (tertiary alicyclic amines) is 1. The Morgan fingerprint density at radius 1 is 0.967 bits per heavy atom. The minimum absolute atomic E-state index is 0.416. The lowest BCUT2D eigenvalue weighted by Gasteiger charge is -2.38. The van der Waals surface area contributed by atoms with E-state index >= 15 is 0 Å². The number of hydrogen-bond acceptors (Lipinski definition) is 4. The molecule has 0 radical (unpaired) electrons. The molecule has 1 aromatic carbocycles. The molecule has 30 heavy (non-hydrogen) atoms. The second-order valence-electron chi connectivity index (χ2n) is 9.50. The van der Waals surface area contributed by atoms with E-state index in [9.17, 15) is 0 Å². The number of piperidine rings is 1. The molecule has 1 aliphatic carbocycles. The summed E-state index contributed by atoms with van der Waals surface area (Å²) in [6.45, 7) is 6.69. The molecule has 1 unspecified atom stereocenters. The van der Waals surface area contributed by atoms with Crippen LogP contribution in [0.1, 0.15) is 42.4 Å². The fourth-order valence-corrected chi connectivity index (χ4v) is 5.69. The van der Waals surface area contributed by atoms with Crippen LogP contribution in [0.5, 0.6) is 0 Å². The van der Waals surface area contributed by atoms with Crippen molar-refractivity contribution >= 4 is 0 Å². The van der Waals surface area contributed by atoms with E-state index in [4.69, 9.17) is 4.74 Å². The highest BCUT2D eigenvalue weighted by molar-refractivity contribution is 5.33. The summed E-state index contributed by atoms with van der Waals surface area (Å²) in [5, 5.41) is 0. The van der Waals surface area contributed by atoms with Crippen LogP contribution in [0.2, 0.25) is 0 Å². The van der Waals surface area contributed by atoms with Gasteiger partial charge in [-0.1, -0.05) is 30.3 Å². The molecule has 3 aliphatic rings. The lowest BCUT2D eigenvalue weighted by Crippen LogP contribution is -2.44. The van der Waals surface area contributed by atoms with Gasteiger partial charge in [-0.3, -0.25) is 14.8 Å². The Morgan fingerprint density at radius 2 is 1.77 bits per heavy atom. The SMILES string of the molecule is c1cncc(CN(CC2CCN(C3Cc4ccccc4C3)CC2)CC2CCCO2)c1. The zero-order valence-electron chi connectivity index (χ0n) is 18.1. The van der Waals surface area contributed by atoms with E-state index in [1.807, 2.05) is 12.4 Å². The fraction of sp³-hybridized carbons (Fsp3) is 0.577. The molecule has 1 atom stereocenters. The smallest absolute Gasteiger partial charge is 0.0702 e. The third kappa shape index (κ3) is 4.93. The minimum Gasteiger partial charge on any atom is -0.377 e. The fourth-order valence-electron chi connectivity index (χ4n) is 5.69. The largest absolute Gasteiger partial charge is 0.377 e. The zero-order chi connectivity index (χ0) is 20.2. The first-order valence-corrected chi connectivity index (χ1v) is 11.9. The number of aromatic nitrogens is 1. The molecule has 0 N–H and O–H groups in total. The molecular weight excluding hydrogens is 370 g/mol. The highest BCUT2D eigenvalue weighted by atomic mass is 16.5. The maximum atomic E-state index is 5.96. The van der Waals surface area contributed by atoms with Crippen molar-refractivity contribution in [3.63, 3.8) is 0 Å². The summed E-state index contributed by atoms with van der Waals surface area (Å²) in [6.07, 6.45) is 11.9. The van der Waals surface area contributed by atoms with E-state index in [0.29, 0.717) is 6.10 Å². The summed E-state index contributed by atoms with van der Waals surface area (Å²) in [7, 11) is 0. The third-order valence-electron chi connectivity index (χ3n) is 7.33. The van der Waals surface area contributed by atoms with Crippen LogP contribution in [-0.2, 0) is 24.1 Å². The van der Waals surface area contributed by atoms with Crippen LogP contribution >= 0.6 is 0 Å². The van der Waals surface area contributed by atoms with E-state index in [-0.39, 0.29) is 0 Å². The number of nitrogens with zero attached hydrogens (tertiary/aromatic N) is 3. The normalized spacial score (nSPS) is 23.3. The maximum absolute atomic E-state index is 5.96. The molecule has 2 fully saturated rings. The Balaban J connectivity index is 1.15. The van der Waals surface area contributed by atoms with Crippen molar-refractivity contribution in [3.05, 3.63) is 65.5 Å². The Bertz CT molecular complexity index is 772. The van der Waals surface area contributed by atoms with Gasteiger partial charge in [-0.15, -0.1) is 0 Å². The molecule has 2 aliphatic heterocycles. The molecular formula is C26H35N3O. The summed E-state index contributed by atoms with van der Waals surface area (Å²) < 4.78 is 5.96. The summed E-state index contributed by atoms with van der Waals surface area (Å²) in [6, 6.07) is 14.0. The van der Waals surface area contributed by atoms with Crippen LogP contribution in [0.25, 0.3) is 0 Å². The van der Waals surface area contributed by atoms with Crippen molar-refractivity contribution in [1.82, 2.24) is 14.8 Å². The average molecular weight is 406 g/mol. The van der Waals surface area contributed by atoms with Crippen molar-refractivity contribution in [3.8, 4) is 0 Å². The van der Waals surface area contributed by atoms with Gasteiger partial charge in [0.05, 0.1) is 6.10 Å². The molecule has 2 saturated heterocycles. The van der Waals surface area contributed by atoms with Gasteiger partial charge in [0.1, 0.15) is 0 Å². The quantitative estimate of drug-likeness (QED) is 0.698. The van der Waals surface area contributed by atoms with Crippen molar-refractivity contribution in [2.24, 2.45) is 5.92 Å². The summed E-state index contributed by atoms with van der Waals surface area (Å²) in [4.78, 5) is 9.73. The highest BCUT2D eigenvalue weighted by Gasteiger charge is 2.30. The van der Waals surface area contributed by atoms with Gasteiger partial charge >= 0.3 is 0 Å². The van der Waals surface area contributed by atoms with Gasteiger partial charge in [-0.05, 0) is 80.3 Å². The standard InChI is InChI=1S/C26H35N3O/c1-2-7-24-16-25(15-23(24)6-1)29-12-9-21(10-13-29)18-28(20-26-8-4-14-30-26)19-22-5-3-11-27-17-22/h1-3,5-7,11,17,21,25-26H,4,8-10,12-16,18-20H2. The monoisotopic (exact) mass is 405 g/mol. The Morgan fingerprint density at radius 3 is 2.43 bits per heavy atom. The average Bonchev–Trinajstić information content (AvgIpc) is 3.44. The second-order valence-corrected chi connectivity index (χ2v) is 9.50. The number of hydrogen-bond donors (Lipinski definition) is 0. The molecule has 0 bridgehead atoms. The van der Waals surface area contributed by atoms with E-state index in [1.54, 1.807) is 11.1 Å². The van der Waals surface area contributed by atoms with Crippen LogP contribution in [0.15, 0.2) is 48.8 Å². The first-order chi connectivity index (χ1) is 14.8. The molecule has 0 saturated carbocycles. The van der Waals surface area contributed by atoms with Crippen LogP contribution < -0.4 is 0 Å². The Kier molecular flexibility index (Phi) is 6.45. The Labute approximate surface area is 181 Å². The molecule has 3 heterocycles. The van der Waals surface area contributed by atoms with Crippen molar-refractivity contribution in [2.45, 2.75) is 57.2 Å². The Hall–Kier alpha value is -1.75. The lowest BCUT2D eigenvalue weighted by atomic mass is 9.94. The molecule has 160 valence electrons. The van der Waals surface area contributed by atoms with E-state index in [0.717, 1.165) is 31.7 Å². The molecule has 0 amide bonds. The minimum atomic E-state index is 0.416. The zero-order valence-corrected chi connectivity index (χ0v) is 18.1. The molecule has 2 aromatic rings. The predicted molar refractivity (Wildman–Crippen MR) is 120 cm³/mol. The van der Waals surface area contributed by atoms with Crippen molar-refractivity contribution in [1.29, 1.82) is 0 Å². The van der Waals surface area contributed by atoms with Gasteiger partial charge < -0.3 is 4.74 Å². The number of fused-ring (bicyclic) bond motifs is 1. The van der Waals surface area contributed by atoms with Crippen molar-refractivity contribution < 1.29 is 4.74 Å². The van der Waals surface area contributed by atoms with Crippen LogP contribution in [0, 0.1) is 5.92 Å². The van der Waals surface area contributed by atoms with Gasteiger partial charge in [0.2, 0.25) is 0 Å². The highest BCUT2D eigenvalue weighted by Crippen LogP contribution is 2.29. The number of benzene rings is 1. The maximum Gasteiger partial charge on any atom is 0.0702 e. The van der Waals surface area contributed by atoms with Crippen LogP contribution in [0.3, 0.4) is 0 Å². The van der Waals surface area contributed by atoms with Gasteiger partial charge in [0.15, 0.2) is 0 Å². The third-order valence-corrected chi connectivity index (χ3v) is 7.33. The van der Waals surface area contributed by atoms with Gasteiger partial charge in [0.25, 0.3) is 0 Å². The molecule has 4 heteroatoms. The summed E-state index contributed by atoms with van der Waals surface area (Å²) in [5.74, 6) is 0.795. The van der Waals surface area contributed by atoms with Crippen LogP contribution in [-0.4, -0.2) is 59.7 Å². The predicted octanol–water partition coefficient (Wildman–Crippen LogP) is 3.94. The molecule has 4 nitrogen and oxygen atoms in total. The van der Waals surface area contributed by atoms with Gasteiger partial charge in [0, 0.05) is 44.7 Å². The first kappa shape index (κ1) is 20.2. The summed E-state index contributed by atoms with van der Waals surface area (Å²) >= 11 is 0. The van der Waals surface area contributed by atoms with Gasteiger partial charge in [-0.25, -0.2) is 0 Å². The summed E-state index contributed by atoms with van der Waals surface area (Å²) in [5.41, 5.74) is 4.46. The second kappa shape index (κ2) is 9.59. The van der Waals surface area contributed by atoms with E-state index < -0.39 is 0 Å². The van der Waals surface area contributed by atoms with Gasteiger partial charge in [-0.2, -0.15) is 0 Å². The number of rotatable bonds is 7. The molecule has 5 rings (SSSR count). The molecule has 1 aromatic heterocycles. The number of ether oxygens (including phenoxy) is 1. The first-order valence-electron chi connectivity index (χ1n) is 11.9. The lowest BCUT2D eigenvalue weighted by molar-refractivity contribution is 0.0541.